The molecule has 50 valence electrons. The molecule has 5 nitrogen and oxygen atoms in total. The minimum Gasteiger partial charge on any atom is -0.313 e. The fraction of sp³-hybridized carbons (Fsp3) is 0. The third-order valence-corrected chi connectivity index (χ3v) is 1.21. The molecule has 0 aliphatic carbocycles. The average molecular weight is 136 g/mol. The summed E-state index contributed by atoms with van der Waals surface area (Å²) >= 11 is 0. The summed E-state index contributed by atoms with van der Waals surface area (Å²) in [5.74, 6) is 0. The van der Waals surface area contributed by atoms with E-state index in [-0.39, 0.29) is 5.69 Å². The van der Waals surface area contributed by atoms with Gasteiger partial charge in [0.1, 0.15) is 6.33 Å². The van der Waals surface area contributed by atoms with Gasteiger partial charge in [-0.1, -0.05) is 0 Å². The van der Waals surface area contributed by atoms with E-state index in [0.29, 0.717) is 5.65 Å². The maximum absolute atomic E-state index is 10.8. The predicted octanol–water partition coefficient (Wildman–Crippen LogP) is -0.582. The Bertz CT molecular complexity index is 401. The predicted molar refractivity (Wildman–Crippen MR) is 33.6 cm³/mol. The van der Waals surface area contributed by atoms with Gasteiger partial charge in [-0.2, -0.15) is 9.61 Å². The quantitative estimate of drug-likeness (QED) is 0.526. The molecular formula is C5H4N4O. The summed E-state index contributed by atoms with van der Waals surface area (Å²) < 4.78 is 1.19. The molecule has 1 N–H and O–H groups in total. The zero-order valence-corrected chi connectivity index (χ0v) is 4.98. The summed E-state index contributed by atoms with van der Waals surface area (Å²) in [6.45, 7) is 0. The van der Waals surface area contributed by atoms with Gasteiger partial charge < -0.3 is 4.98 Å². The molecule has 0 bridgehead atoms. The van der Waals surface area contributed by atoms with Crippen LogP contribution in [-0.2, 0) is 0 Å². The van der Waals surface area contributed by atoms with Crippen LogP contribution >= 0.6 is 0 Å². The number of nitrogens with zero attached hydrogens (tertiary/aromatic N) is 3. The molecule has 0 aromatic carbocycles. The lowest BCUT2D eigenvalue weighted by Gasteiger charge is -1.84. The first kappa shape index (κ1) is 5.16. The van der Waals surface area contributed by atoms with Gasteiger partial charge in [-0.15, -0.1) is 0 Å². The molecule has 0 saturated carbocycles. The molecule has 0 aliphatic heterocycles. The fourth-order valence-electron chi connectivity index (χ4n) is 0.769. The molecule has 0 amide bonds. The second-order valence-corrected chi connectivity index (χ2v) is 1.81. The Hall–Kier alpha value is -1.65. The molecule has 0 atom stereocenters. The smallest absolute Gasteiger partial charge is 0.313 e. The summed E-state index contributed by atoms with van der Waals surface area (Å²) in [6.07, 6.45) is 2.87. The third kappa shape index (κ3) is 0.540. The molecule has 2 heterocycles. The van der Waals surface area contributed by atoms with Crippen molar-refractivity contribution in [2.24, 2.45) is 0 Å². The highest BCUT2D eigenvalue weighted by molar-refractivity contribution is 5.32. The summed E-state index contributed by atoms with van der Waals surface area (Å²) in [4.78, 5) is 17.1. The van der Waals surface area contributed by atoms with Crippen molar-refractivity contribution in [3.8, 4) is 0 Å². The van der Waals surface area contributed by atoms with Crippen molar-refractivity contribution in [3.63, 3.8) is 0 Å². The van der Waals surface area contributed by atoms with Gasteiger partial charge in [0.25, 0.3) is 0 Å². The van der Waals surface area contributed by atoms with Crippen LogP contribution in [0.3, 0.4) is 0 Å². The topological polar surface area (TPSA) is 63.0 Å². The first-order valence-electron chi connectivity index (χ1n) is 2.75. The maximum atomic E-state index is 10.8. The highest BCUT2D eigenvalue weighted by Crippen LogP contribution is 1.86. The second kappa shape index (κ2) is 1.66. The molecule has 2 aromatic rings. The van der Waals surface area contributed by atoms with Gasteiger partial charge in [0.2, 0.25) is 0 Å². The number of rotatable bonds is 0. The van der Waals surface area contributed by atoms with Crippen LogP contribution in [0.2, 0.25) is 0 Å². The van der Waals surface area contributed by atoms with Crippen LogP contribution in [0.25, 0.3) is 5.65 Å². The van der Waals surface area contributed by atoms with Crippen molar-refractivity contribution in [2.45, 2.75) is 0 Å². The molecule has 0 aliphatic rings. The summed E-state index contributed by atoms with van der Waals surface area (Å²) in [6, 6.07) is 1.67. The average Bonchev–Trinajstić information content (AvgIpc) is 2.36. The van der Waals surface area contributed by atoms with E-state index in [1.54, 1.807) is 6.07 Å². The molecule has 0 saturated heterocycles. The number of fused-ring (bicyclic) bond motifs is 1. The van der Waals surface area contributed by atoms with E-state index in [1.807, 2.05) is 0 Å². The Balaban J connectivity index is 3.09. The van der Waals surface area contributed by atoms with Gasteiger partial charge in [0, 0.05) is 6.20 Å². The first-order chi connectivity index (χ1) is 4.88. The monoisotopic (exact) mass is 136 g/mol. The van der Waals surface area contributed by atoms with Crippen LogP contribution in [0.1, 0.15) is 0 Å². The van der Waals surface area contributed by atoms with Crippen LogP contribution in [0.5, 0.6) is 0 Å². The second-order valence-electron chi connectivity index (χ2n) is 1.81. The van der Waals surface area contributed by atoms with E-state index >= 15 is 0 Å². The van der Waals surface area contributed by atoms with E-state index in [2.05, 4.69) is 15.1 Å². The number of H-pyrrole nitrogens is 1. The summed E-state index contributed by atoms with van der Waals surface area (Å²) in [5, 5.41) is 3.68. The lowest BCUT2D eigenvalue weighted by atomic mass is 10.6. The summed E-state index contributed by atoms with van der Waals surface area (Å²) in [7, 11) is 0. The normalized spacial score (nSPS) is 10.4. The zero-order valence-electron chi connectivity index (χ0n) is 4.98. The van der Waals surface area contributed by atoms with Crippen LogP contribution in [0.4, 0.5) is 0 Å². The minimum atomic E-state index is -0.269. The maximum Gasteiger partial charge on any atom is 0.348 e. The molecule has 10 heavy (non-hydrogen) atoms. The minimum absolute atomic E-state index is 0.269. The molecule has 2 rings (SSSR count). The van der Waals surface area contributed by atoms with Crippen LogP contribution < -0.4 is 5.69 Å². The Morgan fingerprint density at radius 3 is 3.30 bits per heavy atom. The molecule has 0 radical (unpaired) electrons. The molecule has 0 spiro atoms. The number of hydrogen-bond acceptors (Lipinski definition) is 3. The van der Waals surface area contributed by atoms with E-state index < -0.39 is 0 Å². The Kier molecular flexibility index (Phi) is 0.858. The lowest BCUT2D eigenvalue weighted by Crippen LogP contribution is -2.15. The number of hydrogen-bond donors (Lipinski definition) is 1. The van der Waals surface area contributed by atoms with Crippen LogP contribution in [-0.4, -0.2) is 19.6 Å². The van der Waals surface area contributed by atoms with Crippen molar-refractivity contribution in [3.05, 3.63) is 29.1 Å². The molecule has 2 aromatic heterocycles. The standard InChI is InChI=1S/C5H4N4O/c10-5-6-2-1-4-7-3-8-9(4)5/h1-3H,(H,6,10). The van der Waals surface area contributed by atoms with Crippen molar-refractivity contribution < 1.29 is 0 Å². The Morgan fingerprint density at radius 1 is 1.60 bits per heavy atom. The zero-order chi connectivity index (χ0) is 6.97. The van der Waals surface area contributed by atoms with Gasteiger partial charge in [-0.25, -0.2) is 9.78 Å². The molecule has 0 fully saturated rings. The summed E-state index contributed by atoms with van der Waals surface area (Å²) in [5.41, 5.74) is 0.291. The SMILES string of the molecule is O=c1[nH]ccc2ncnn12. The van der Waals surface area contributed by atoms with Crippen LogP contribution in [0, 0.1) is 0 Å². The number of aromatic amines is 1. The van der Waals surface area contributed by atoms with Crippen LogP contribution in [0.15, 0.2) is 23.4 Å². The molecule has 0 unspecified atom stereocenters. The van der Waals surface area contributed by atoms with Gasteiger partial charge in [-0.3, -0.25) is 0 Å². The molecule has 5 heteroatoms. The van der Waals surface area contributed by atoms with E-state index in [9.17, 15) is 4.79 Å². The Labute approximate surface area is 55.3 Å². The highest BCUT2D eigenvalue weighted by Gasteiger charge is 1.94. The van der Waals surface area contributed by atoms with E-state index in [0.717, 1.165) is 0 Å². The number of aromatic nitrogens is 4. The molecular weight excluding hydrogens is 132 g/mol. The van der Waals surface area contributed by atoms with Gasteiger partial charge in [-0.05, 0) is 6.07 Å². The van der Waals surface area contributed by atoms with E-state index in [1.165, 1.54) is 17.0 Å². The first-order valence-corrected chi connectivity index (χ1v) is 2.75. The van der Waals surface area contributed by atoms with Crippen molar-refractivity contribution in [2.75, 3.05) is 0 Å². The lowest BCUT2D eigenvalue weighted by molar-refractivity contribution is 0.868. The van der Waals surface area contributed by atoms with Crippen molar-refractivity contribution in [1.29, 1.82) is 0 Å². The Morgan fingerprint density at radius 2 is 2.50 bits per heavy atom. The van der Waals surface area contributed by atoms with Gasteiger partial charge >= 0.3 is 5.69 Å². The van der Waals surface area contributed by atoms with E-state index in [4.69, 9.17) is 0 Å². The largest absolute Gasteiger partial charge is 0.348 e. The third-order valence-electron chi connectivity index (χ3n) is 1.21. The van der Waals surface area contributed by atoms with Crippen molar-refractivity contribution >= 4 is 5.65 Å². The number of nitrogens with one attached hydrogen (secondary N) is 1. The fourth-order valence-corrected chi connectivity index (χ4v) is 0.769. The van der Waals surface area contributed by atoms with Gasteiger partial charge in [0.15, 0.2) is 5.65 Å². The highest BCUT2D eigenvalue weighted by atomic mass is 16.1. The van der Waals surface area contributed by atoms with Gasteiger partial charge in [0.05, 0.1) is 0 Å². The van der Waals surface area contributed by atoms with Crippen molar-refractivity contribution in [1.82, 2.24) is 19.6 Å².